The quantitative estimate of drug-likeness (QED) is 0.551. The Morgan fingerprint density at radius 3 is 2.55 bits per heavy atom. The van der Waals surface area contributed by atoms with Gasteiger partial charge in [0.1, 0.15) is 5.82 Å². The molecule has 1 unspecified atom stereocenters. The smallest absolute Gasteiger partial charge is 0.264 e. The summed E-state index contributed by atoms with van der Waals surface area (Å²) in [7, 11) is -3.85. The van der Waals surface area contributed by atoms with Gasteiger partial charge in [0, 0.05) is 30.5 Å². The fourth-order valence-electron chi connectivity index (χ4n) is 3.36. The fraction of sp³-hybridized carbons (Fsp3) is 0.300. The highest BCUT2D eigenvalue weighted by Crippen LogP contribution is 2.31. The van der Waals surface area contributed by atoms with Crippen LogP contribution in [0.4, 0.5) is 4.39 Å². The summed E-state index contributed by atoms with van der Waals surface area (Å²) in [6.45, 7) is 1.43. The molecule has 2 aromatic carbocycles. The van der Waals surface area contributed by atoms with Gasteiger partial charge >= 0.3 is 0 Å². The van der Waals surface area contributed by atoms with Gasteiger partial charge in [-0.05, 0) is 42.7 Å². The molecule has 1 heterocycles. The van der Waals surface area contributed by atoms with Gasteiger partial charge in [-0.15, -0.1) is 0 Å². The van der Waals surface area contributed by atoms with Crippen LogP contribution in [-0.2, 0) is 21.2 Å². The molecular formula is C20H21FN2O5S. The van der Waals surface area contributed by atoms with E-state index in [-0.39, 0.29) is 31.2 Å². The van der Waals surface area contributed by atoms with Crippen LogP contribution in [0.3, 0.4) is 0 Å². The lowest BCUT2D eigenvalue weighted by molar-refractivity contribution is -0.131. The van der Waals surface area contributed by atoms with Gasteiger partial charge in [-0.25, -0.2) is 18.3 Å². The number of amides is 2. The molecule has 154 valence electrons. The highest BCUT2D eigenvalue weighted by Gasteiger charge is 2.44. The number of hydrogen-bond donors (Lipinski definition) is 2. The second kappa shape index (κ2) is 7.57. The number of nitrogens with zero attached hydrogens (tertiary/aromatic N) is 1. The number of carbonyl (C=O) groups is 2. The predicted molar refractivity (Wildman–Crippen MR) is 104 cm³/mol. The fourth-order valence-corrected chi connectivity index (χ4v) is 4.20. The number of carbonyl (C=O) groups excluding carboxylic acids is 2. The number of halogens is 1. The topological polar surface area (TPSA) is 104 Å². The van der Waals surface area contributed by atoms with E-state index in [1.807, 2.05) is 0 Å². The molecule has 3 rings (SSSR count). The van der Waals surface area contributed by atoms with E-state index in [0.29, 0.717) is 22.3 Å². The van der Waals surface area contributed by atoms with Crippen molar-refractivity contribution in [1.82, 2.24) is 10.4 Å². The molecule has 29 heavy (non-hydrogen) atoms. The molecule has 1 atom stereocenters. The Morgan fingerprint density at radius 2 is 1.93 bits per heavy atom. The predicted octanol–water partition coefficient (Wildman–Crippen LogP) is 2.15. The third-order valence-electron chi connectivity index (χ3n) is 5.43. The van der Waals surface area contributed by atoms with Crippen LogP contribution < -0.4 is 5.48 Å². The summed E-state index contributed by atoms with van der Waals surface area (Å²) in [5, 5.41) is 8.91. The first-order valence-corrected chi connectivity index (χ1v) is 10.8. The average Bonchev–Trinajstić information content (AvgIpc) is 3.00. The average molecular weight is 420 g/mol. The van der Waals surface area contributed by atoms with Crippen LogP contribution >= 0.6 is 0 Å². The van der Waals surface area contributed by atoms with E-state index in [1.54, 1.807) is 36.4 Å². The van der Waals surface area contributed by atoms with Gasteiger partial charge in [0.2, 0.25) is 0 Å². The van der Waals surface area contributed by atoms with Gasteiger partial charge in [-0.1, -0.05) is 24.3 Å². The summed E-state index contributed by atoms with van der Waals surface area (Å²) in [5.41, 5.74) is 3.60. The van der Waals surface area contributed by atoms with Crippen LogP contribution in [0.15, 0.2) is 42.5 Å². The summed E-state index contributed by atoms with van der Waals surface area (Å²) >= 11 is 0. The molecule has 2 aromatic rings. The number of benzene rings is 2. The van der Waals surface area contributed by atoms with Gasteiger partial charge < -0.3 is 4.90 Å². The lowest BCUT2D eigenvalue weighted by atomic mass is 10.00. The Kier molecular flexibility index (Phi) is 5.46. The molecule has 1 aliphatic heterocycles. The van der Waals surface area contributed by atoms with Crippen molar-refractivity contribution in [1.29, 1.82) is 0 Å². The second-order valence-electron chi connectivity index (χ2n) is 7.27. The highest BCUT2D eigenvalue weighted by molar-refractivity contribution is 7.92. The summed E-state index contributed by atoms with van der Waals surface area (Å²) in [4.78, 5) is 26.0. The molecule has 0 spiro atoms. The van der Waals surface area contributed by atoms with Crippen LogP contribution in [0.2, 0.25) is 0 Å². The highest BCUT2D eigenvalue weighted by atomic mass is 32.2. The lowest BCUT2D eigenvalue weighted by Crippen LogP contribution is -2.50. The first-order valence-electron chi connectivity index (χ1n) is 8.90. The third-order valence-corrected chi connectivity index (χ3v) is 7.45. The van der Waals surface area contributed by atoms with Crippen molar-refractivity contribution in [2.45, 2.75) is 24.6 Å². The Morgan fingerprint density at radius 1 is 1.24 bits per heavy atom. The van der Waals surface area contributed by atoms with E-state index in [9.17, 15) is 22.4 Å². The van der Waals surface area contributed by atoms with Crippen LogP contribution in [0.5, 0.6) is 0 Å². The summed E-state index contributed by atoms with van der Waals surface area (Å²) in [6.07, 6.45) is 0.724. The van der Waals surface area contributed by atoms with Gasteiger partial charge in [-0.2, -0.15) is 0 Å². The molecule has 0 radical (unpaired) electrons. The minimum Gasteiger partial charge on any atom is -0.334 e. The number of hydrogen-bond acceptors (Lipinski definition) is 5. The lowest BCUT2D eigenvalue weighted by Gasteiger charge is -2.27. The molecule has 9 heteroatoms. The van der Waals surface area contributed by atoms with Crippen LogP contribution in [0.1, 0.15) is 29.3 Å². The van der Waals surface area contributed by atoms with Crippen molar-refractivity contribution in [3.63, 3.8) is 0 Å². The molecular weight excluding hydrogens is 399 g/mol. The standard InChI is InChI=1S/C20H21FN2O5S/c1-20(19(25)22-26,29(2,27)28)9-10-23-12-14-11-13(7-8-16(14)18(23)24)15-5-3-4-6-17(15)21/h3-8,11,26H,9-10,12H2,1-2H3,(H,22,25). The zero-order chi connectivity index (χ0) is 21.4. The first-order chi connectivity index (χ1) is 13.6. The van der Waals surface area contributed by atoms with Gasteiger partial charge in [0.15, 0.2) is 14.6 Å². The number of sulfone groups is 1. The summed E-state index contributed by atoms with van der Waals surface area (Å²) in [6, 6.07) is 11.4. The monoisotopic (exact) mass is 420 g/mol. The molecule has 0 saturated heterocycles. The first kappa shape index (κ1) is 20.9. The maximum absolute atomic E-state index is 14.1. The zero-order valence-electron chi connectivity index (χ0n) is 16.0. The minimum absolute atomic E-state index is 0.000462. The molecule has 2 amide bonds. The normalized spacial score (nSPS) is 15.7. The molecule has 0 bridgehead atoms. The molecule has 0 aliphatic carbocycles. The molecule has 0 fully saturated rings. The number of hydroxylamine groups is 1. The molecule has 0 aromatic heterocycles. The zero-order valence-corrected chi connectivity index (χ0v) is 16.8. The SMILES string of the molecule is CC(CCN1Cc2cc(-c3ccccc3F)ccc2C1=O)(C(=O)NO)S(C)(=O)=O. The summed E-state index contributed by atoms with van der Waals surface area (Å²) < 4.78 is 36.3. The maximum Gasteiger partial charge on any atom is 0.264 e. The van der Waals surface area contributed by atoms with Crippen LogP contribution in [0.25, 0.3) is 11.1 Å². The molecule has 2 N–H and O–H groups in total. The van der Waals surface area contributed by atoms with E-state index < -0.39 is 20.5 Å². The van der Waals surface area contributed by atoms with Crippen molar-refractivity contribution in [3.8, 4) is 11.1 Å². The van der Waals surface area contributed by atoms with E-state index in [0.717, 1.165) is 6.26 Å². The number of fused-ring (bicyclic) bond motifs is 1. The van der Waals surface area contributed by atoms with Gasteiger partial charge in [0.25, 0.3) is 11.8 Å². The van der Waals surface area contributed by atoms with Crippen molar-refractivity contribution < 1.29 is 27.6 Å². The van der Waals surface area contributed by atoms with E-state index in [2.05, 4.69) is 0 Å². The van der Waals surface area contributed by atoms with Gasteiger partial charge in [-0.3, -0.25) is 14.8 Å². The Bertz CT molecular complexity index is 1090. The molecule has 0 saturated carbocycles. The number of rotatable bonds is 6. The third kappa shape index (κ3) is 3.75. The summed E-state index contributed by atoms with van der Waals surface area (Å²) in [5.74, 6) is -1.71. The van der Waals surface area contributed by atoms with Crippen molar-refractivity contribution in [2.24, 2.45) is 0 Å². The largest absolute Gasteiger partial charge is 0.334 e. The van der Waals surface area contributed by atoms with Crippen molar-refractivity contribution in [3.05, 3.63) is 59.4 Å². The van der Waals surface area contributed by atoms with Crippen molar-refractivity contribution in [2.75, 3.05) is 12.8 Å². The van der Waals surface area contributed by atoms with Crippen LogP contribution in [-0.4, -0.2) is 47.9 Å². The van der Waals surface area contributed by atoms with Gasteiger partial charge in [0.05, 0.1) is 0 Å². The Labute approximate surface area is 168 Å². The van der Waals surface area contributed by atoms with E-state index in [1.165, 1.54) is 23.4 Å². The van der Waals surface area contributed by atoms with Crippen LogP contribution in [0, 0.1) is 5.82 Å². The Hall–Kier alpha value is -2.78. The molecule has 7 nitrogen and oxygen atoms in total. The molecule has 1 aliphatic rings. The van der Waals surface area contributed by atoms with E-state index >= 15 is 0 Å². The minimum atomic E-state index is -3.85. The van der Waals surface area contributed by atoms with E-state index in [4.69, 9.17) is 5.21 Å². The second-order valence-corrected chi connectivity index (χ2v) is 9.72. The maximum atomic E-state index is 14.1. The van der Waals surface area contributed by atoms with Crippen molar-refractivity contribution >= 4 is 21.7 Å². The number of nitrogens with one attached hydrogen (secondary N) is 1. The Balaban J connectivity index is 1.82.